The molecule has 1 aromatic rings. The third-order valence-corrected chi connectivity index (χ3v) is 5.96. The van der Waals surface area contributed by atoms with Gasteiger partial charge in [0.05, 0.1) is 4.21 Å². The van der Waals surface area contributed by atoms with Crippen LogP contribution in [0.25, 0.3) is 0 Å². The third kappa shape index (κ3) is 2.58. The lowest BCUT2D eigenvalue weighted by Crippen LogP contribution is -2.47. The van der Waals surface area contributed by atoms with Crippen molar-refractivity contribution in [3.63, 3.8) is 0 Å². The van der Waals surface area contributed by atoms with Gasteiger partial charge in [0.25, 0.3) is 0 Å². The van der Waals surface area contributed by atoms with Gasteiger partial charge in [-0.05, 0) is 29.9 Å². The van der Waals surface area contributed by atoms with E-state index in [1.807, 2.05) is 23.1 Å². The van der Waals surface area contributed by atoms with Gasteiger partial charge in [0, 0.05) is 30.3 Å². The Morgan fingerprint density at radius 1 is 1.50 bits per heavy atom. The molecule has 1 aromatic heterocycles. The zero-order valence-electron chi connectivity index (χ0n) is 10.4. The molecule has 3 atom stereocenters. The van der Waals surface area contributed by atoms with E-state index in [0.29, 0.717) is 23.8 Å². The van der Waals surface area contributed by atoms with Crippen molar-refractivity contribution < 1.29 is 4.79 Å². The minimum Gasteiger partial charge on any atom is -0.355 e. The van der Waals surface area contributed by atoms with E-state index in [0.717, 1.165) is 13.0 Å². The molecule has 0 bridgehead atoms. The maximum atomic E-state index is 11.2. The van der Waals surface area contributed by atoms with Gasteiger partial charge in [0.1, 0.15) is 0 Å². The maximum absolute atomic E-state index is 11.2. The molecule has 1 amide bonds. The number of hydrogen-bond acceptors (Lipinski definition) is 4. The molecule has 2 N–H and O–H groups in total. The van der Waals surface area contributed by atoms with Gasteiger partial charge < -0.3 is 10.6 Å². The number of nitrogens with one attached hydrogen (secondary N) is 2. The van der Waals surface area contributed by atoms with Crippen LogP contribution in [0.2, 0.25) is 0 Å². The molecule has 2 aliphatic heterocycles. The number of carbonyl (C=O) groups is 1. The van der Waals surface area contributed by atoms with E-state index in [2.05, 4.69) is 29.0 Å². The van der Waals surface area contributed by atoms with Crippen molar-refractivity contribution in [2.75, 3.05) is 6.54 Å². The zero-order valence-corrected chi connectivity index (χ0v) is 12.1. The Morgan fingerprint density at radius 3 is 3.17 bits per heavy atom. The van der Waals surface area contributed by atoms with Crippen LogP contribution in [0.5, 0.6) is 0 Å². The Morgan fingerprint density at radius 2 is 2.39 bits per heavy atom. The maximum Gasteiger partial charge on any atom is 0.220 e. The van der Waals surface area contributed by atoms with Crippen LogP contribution in [0, 0.1) is 0 Å². The number of thioether (sulfide) groups is 1. The van der Waals surface area contributed by atoms with Crippen molar-refractivity contribution in [3.05, 3.63) is 17.0 Å². The van der Waals surface area contributed by atoms with Gasteiger partial charge in [-0.2, -0.15) is 0 Å². The van der Waals surface area contributed by atoms with Gasteiger partial charge in [-0.3, -0.25) is 4.79 Å². The molecule has 5 heteroatoms. The molecule has 3 rings (SSSR count). The first-order chi connectivity index (χ1) is 8.72. The van der Waals surface area contributed by atoms with Crippen molar-refractivity contribution in [3.8, 4) is 0 Å². The molecule has 0 spiro atoms. The lowest BCUT2D eigenvalue weighted by atomic mass is 10.0. The van der Waals surface area contributed by atoms with Crippen LogP contribution >= 0.6 is 23.1 Å². The Kier molecular flexibility index (Phi) is 3.63. The minimum atomic E-state index is 0.192. The van der Waals surface area contributed by atoms with Crippen LogP contribution in [0.4, 0.5) is 0 Å². The van der Waals surface area contributed by atoms with Gasteiger partial charge in [0.2, 0.25) is 5.91 Å². The topological polar surface area (TPSA) is 41.1 Å². The highest BCUT2D eigenvalue weighted by Crippen LogP contribution is 2.43. The van der Waals surface area contributed by atoms with Crippen molar-refractivity contribution in [2.45, 2.75) is 47.7 Å². The van der Waals surface area contributed by atoms with E-state index in [1.54, 1.807) is 0 Å². The van der Waals surface area contributed by atoms with Crippen molar-refractivity contribution in [1.29, 1.82) is 0 Å². The molecular weight excluding hydrogens is 264 g/mol. The SMILES string of the molecule is C[C@H]1CC(NC2CCC(=O)NC2)c2ccsc2S1. The summed E-state index contributed by atoms with van der Waals surface area (Å²) < 4.78 is 1.46. The molecule has 0 aromatic carbocycles. The van der Waals surface area contributed by atoms with Crippen LogP contribution in [0.15, 0.2) is 15.7 Å². The van der Waals surface area contributed by atoms with Crippen molar-refractivity contribution in [2.24, 2.45) is 0 Å². The van der Waals surface area contributed by atoms with Crippen LogP contribution in [-0.4, -0.2) is 23.7 Å². The largest absolute Gasteiger partial charge is 0.355 e. The second-order valence-electron chi connectivity index (χ2n) is 5.09. The predicted molar refractivity (Wildman–Crippen MR) is 76.2 cm³/mol. The fraction of sp³-hybridized carbons (Fsp3) is 0.615. The Labute approximate surface area is 116 Å². The first kappa shape index (κ1) is 12.5. The van der Waals surface area contributed by atoms with E-state index in [4.69, 9.17) is 0 Å². The Balaban J connectivity index is 1.68. The van der Waals surface area contributed by atoms with Gasteiger partial charge in [-0.1, -0.05) is 6.92 Å². The number of fused-ring (bicyclic) bond motifs is 1. The standard InChI is InChI=1S/C13H18N2OS2/c1-8-6-11(10-4-5-17-13(10)18-8)15-9-2-3-12(16)14-7-9/h4-5,8-9,11,15H,2-3,6-7H2,1H3,(H,14,16)/t8-,9?,11?/m0/s1. The second kappa shape index (κ2) is 5.23. The number of thiophene rings is 1. The van der Waals surface area contributed by atoms with Crippen LogP contribution in [0.1, 0.15) is 37.8 Å². The van der Waals surface area contributed by atoms with Gasteiger partial charge in [-0.25, -0.2) is 0 Å². The molecule has 1 fully saturated rings. The highest BCUT2D eigenvalue weighted by Gasteiger charge is 2.29. The fourth-order valence-electron chi connectivity index (χ4n) is 2.67. The van der Waals surface area contributed by atoms with Crippen LogP contribution in [-0.2, 0) is 4.79 Å². The number of carbonyl (C=O) groups excluding carboxylic acids is 1. The van der Waals surface area contributed by atoms with E-state index >= 15 is 0 Å². The highest BCUT2D eigenvalue weighted by atomic mass is 32.2. The molecule has 1 saturated heterocycles. The molecule has 0 aliphatic carbocycles. The van der Waals surface area contributed by atoms with Crippen molar-refractivity contribution in [1.82, 2.24) is 10.6 Å². The van der Waals surface area contributed by atoms with E-state index in [9.17, 15) is 4.79 Å². The van der Waals surface area contributed by atoms with Gasteiger partial charge in [-0.15, -0.1) is 23.1 Å². The second-order valence-corrected chi connectivity index (χ2v) is 7.71. The lowest BCUT2D eigenvalue weighted by Gasteiger charge is -2.33. The Bertz CT molecular complexity index is 436. The number of rotatable bonds is 2. The van der Waals surface area contributed by atoms with E-state index in [1.165, 1.54) is 16.2 Å². The summed E-state index contributed by atoms with van der Waals surface area (Å²) in [6.45, 7) is 3.07. The fourth-order valence-corrected chi connectivity index (χ4v) is 5.23. The quantitative estimate of drug-likeness (QED) is 0.876. The average molecular weight is 282 g/mol. The summed E-state index contributed by atoms with van der Waals surface area (Å²) in [5.74, 6) is 0.192. The summed E-state index contributed by atoms with van der Waals surface area (Å²) in [6, 6.07) is 3.14. The first-order valence-corrected chi connectivity index (χ1v) is 8.25. The third-order valence-electron chi connectivity index (χ3n) is 3.61. The summed E-state index contributed by atoms with van der Waals surface area (Å²) in [5, 5.41) is 9.54. The monoisotopic (exact) mass is 282 g/mol. The van der Waals surface area contributed by atoms with E-state index in [-0.39, 0.29) is 5.91 Å². The molecule has 3 heterocycles. The van der Waals surface area contributed by atoms with Crippen LogP contribution < -0.4 is 10.6 Å². The molecule has 3 nitrogen and oxygen atoms in total. The number of piperidine rings is 1. The summed E-state index contributed by atoms with van der Waals surface area (Å²) in [7, 11) is 0. The Hall–Kier alpha value is -0.520. The summed E-state index contributed by atoms with van der Waals surface area (Å²) in [6.07, 6.45) is 2.80. The normalized spacial score (nSPS) is 31.8. The molecule has 18 heavy (non-hydrogen) atoms. The van der Waals surface area contributed by atoms with Gasteiger partial charge >= 0.3 is 0 Å². The van der Waals surface area contributed by atoms with E-state index < -0.39 is 0 Å². The predicted octanol–water partition coefficient (Wildman–Crippen LogP) is 2.54. The van der Waals surface area contributed by atoms with Gasteiger partial charge in [0.15, 0.2) is 0 Å². The lowest BCUT2D eigenvalue weighted by molar-refractivity contribution is -0.122. The summed E-state index contributed by atoms with van der Waals surface area (Å²) in [5.41, 5.74) is 1.46. The summed E-state index contributed by atoms with van der Waals surface area (Å²) >= 11 is 3.84. The smallest absolute Gasteiger partial charge is 0.220 e. The zero-order chi connectivity index (χ0) is 12.5. The van der Waals surface area contributed by atoms with Crippen molar-refractivity contribution >= 4 is 29.0 Å². The number of amides is 1. The summed E-state index contributed by atoms with van der Waals surface area (Å²) in [4.78, 5) is 11.2. The molecule has 0 radical (unpaired) electrons. The molecule has 2 unspecified atom stereocenters. The molecule has 2 aliphatic rings. The van der Waals surface area contributed by atoms with Crippen LogP contribution in [0.3, 0.4) is 0 Å². The minimum absolute atomic E-state index is 0.192. The number of hydrogen-bond donors (Lipinski definition) is 2. The first-order valence-electron chi connectivity index (χ1n) is 6.49. The molecule has 98 valence electrons. The molecule has 0 saturated carbocycles. The molecular formula is C13H18N2OS2. The average Bonchev–Trinajstić information content (AvgIpc) is 2.80. The highest BCUT2D eigenvalue weighted by molar-refractivity contribution is 8.01.